The Morgan fingerprint density at radius 3 is 2.03 bits per heavy atom. The Morgan fingerprint density at radius 1 is 0.912 bits per heavy atom. The van der Waals surface area contributed by atoms with Crippen molar-refractivity contribution in [3.63, 3.8) is 0 Å². The predicted octanol–water partition coefficient (Wildman–Crippen LogP) is 5.44. The van der Waals surface area contributed by atoms with Crippen molar-refractivity contribution < 1.29 is 22.1 Å². The van der Waals surface area contributed by atoms with Crippen LogP contribution in [0.5, 0.6) is 5.75 Å². The van der Waals surface area contributed by atoms with Gasteiger partial charge >= 0.3 is 6.36 Å². The van der Waals surface area contributed by atoms with Crippen LogP contribution in [-0.2, 0) is 22.8 Å². The minimum absolute atomic E-state index is 0.0136. The normalized spacial score (nSPS) is 14.6. The quantitative estimate of drug-likeness (QED) is 0.474. The van der Waals surface area contributed by atoms with E-state index in [0.717, 1.165) is 36.3 Å². The molecule has 0 fully saturated rings. The number of ether oxygens (including phenoxy) is 1. The summed E-state index contributed by atoms with van der Waals surface area (Å²) >= 11 is 0. The van der Waals surface area contributed by atoms with Crippen LogP contribution in [0.2, 0.25) is 0 Å². The van der Waals surface area contributed by atoms with Crippen molar-refractivity contribution in [2.24, 2.45) is 0 Å². The molecular formula is C25H22F3N3O2S. The number of alkyl halides is 3. The fourth-order valence-electron chi connectivity index (χ4n) is 3.79. The van der Waals surface area contributed by atoms with Crippen LogP contribution in [0.4, 0.5) is 24.5 Å². The third-order valence-corrected chi connectivity index (χ3v) is 6.83. The topological polar surface area (TPSA) is 65.4 Å². The van der Waals surface area contributed by atoms with Gasteiger partial charge in [-0.05, 0) is 60.4 Å². The standard InChI is InChI=1S/C25H22F3N3O2S/c26-25(27,28)33-21-13-15-22(16-14-21)34(29,32)30-17-5-6-18-31-23-9-3-1-7-19(23)11-12-20-8-2-4-10-24(20)31/h1-4,7-10,13-16H,11-12,17-18H2,(H2,29,30,32). The van der Waals surface area contributed by atoms with E-state index in [1.807, 2.05) is 24.3 Å². The molecule has 1 unspecified atom stereocenters. The lowest BCUT2D eigenvalue weighted by atomic mass is 10.0. The Labute approximate surface area is 196 Å². The second-order valence-electron chi connectivity index (χ2n) is 7.59. The van der Waals surface area contributed by atoms with Gasteiger partial charge in [-0.3, -0.25) is 0 Å². The number of fused-ring (bicyclic) bond motifs is 2. The first-order valence-corrected chi connectivity index (χ1v) is 12.1. The summed E-state index contributed by atoms with van der Waals surface area (Å²) in [6.45, 7) is 0.401. The number of hydrogen-bond donors (Lipinski definition) is 2. The fraction of sp³-hybridized carbons (Fsp3) is 0.200. The molecule has 0 amide bonds. The van der Waals surface area contributed by atoms with E-state index in [-0.39, 0.29) is 11.4 Å². The van der Waals surface area contributed by atoms with Crippen molar-refractivity contribution in [1.82, 2.24) is 4.72 Å². The molecule has 4 rings (SSSR count). The summed E-state index contributed by atoms with van der Waals surface area (Å²) in [5.41, 5.74) is 4.68. The van der Waals surface area contributed by atoms with Crippen LogP contribution in [-0.4, -0.2) is 23.7 Å². The van der Waals surface area contributed by atoms with E-state index < -0.39 is 22.0 Å². The summed E-state index contributed by atoms with van der Waals surface area (Å²) in [5, 5.41) is 0. The summed E-state index contributed by atoms with van der Waals surface area (Å²) in [5.74, 6) is 5.55. The van der Waals surface area contributed by atoms with E-state index >= 15 is 0 Å². The van der Waals surface area contributed by atoms with Gasteiger partial charge in [0.15, 0.2) is 0 Å². The summed E-state index contributed by atoms with van der Waals surface area (Å²) in [6.07, 6.45) is -2.94. The highest BCUT2D eigenvalue weighted by atomic mass is 32.2. The molecule has 5 nitrogen and oxygen atoms in total. The van der Waals surface area contributed by atoms with Gasteiger partial charge in [0.1, 0.15) is 15.7 Å². The zero-order valence-electron chi connectivity index (χ0n) is 18.1. The first-order valence-electron chi connectivity index (χ1n) is 10.5. The van der Waals surface area contributed by atoms with Gasteiger partial charge in [0.05, 0.1) is 18.0 Å². The molecule has 0 saturated heterocycles. The van der Waals surface area contributed by atoms with E-state index in [0.29, 0.717) is 6.54 Å². The van der Waals surface area contributed by atoms with Gasteiger partial charge in [-0.25, -0.2) is 13.7 Å². The third-order valence-electron chi connectivity index (χ3n) is 5.34. The maximum Gasteiger partial charge on any atom is 0.573 e. The summed E-state index contributed by atoms with van der Waals surface area (Å²) < 4.78 is 63.9. The average molecular weight is 486 g/mol. The van der Waals surface area contributed by atoms with Gasteiger partial charge in [0, 0.05) is 11.4 Å². The predicted molar refractivity (Wildman–Crippen MR) is 125 cm³/mol. The minimum atomic E-state index is -4.81. The minimum Gasteiger partial charge on any atom is -0.406 e. The molecule has 0 bridgehead atoms. The highest BCUT2D eigenvalue weighted by Crippen LogP contribution is 2.35. The second-order valence-corrected chi connectivity index (χ2v) is 9.47. The van der Waals surface area contributed by atoms with Gasteiger partial charge in [-0.2, -0.15) is 0 Å². The largest absolute Gasteiger partial charge is 0.573 e. The second kappa shape index (κ2) is 9.79. The Bertz CT molecular complexity index is 1280. The fourth-order valence-corrected chi connectivity index (χ4v) is 4.75. The van der Waals surface area contributed by atoms with Crippen molar-refractivity contribution in [1.29, 1.82) is 4.78 Å². The van der Waals surface area contributed by atoms with Crippen LogP contribution in [0, 0.1) is 16.6 Å². The van der Waals surface area contributed by atoms with Gasteiger partial charge in [-0.1, -0.05) is 48.2 Å². The Hall–Kier alpha value is -3.48. The summed E-state index contributed by atoms with van der Waals surface area (Å²) in [7, 11) is -3.43. The van der Waals surface area contributed by atoms with Crippen LogP contribution in [0.1, 0.15) is 11.1 Å². The van der Waals surface area contributed by atoms with Gasteiger partial charge in [-0.15, -0.1) is 13.2 Å². The lowest BCUT2D eigenvalue weighted by Gasteiger charge is -2.24. The Balaban J connectivity index is 1.43. The molecule has 0 saturated carbocycles. The van der Waals surface area contributed by atoms with E-state index in [1.165, 1.54) is 23.3 Å². The highest BCUT2D eigenvalue weighted by Gasteiger charge is 2.31. The molecular weight excluding hydrogens is 463 g/mol. The molecule has 1 heterocycles. The zero-order chi connectivity index (χ0) is 24.2. The molecule has 176 valence electrons. The molecule has 3 aromatic carbocycles. The zero-order valence-corrected chi connectivity index (χ0v) is 18.9. The lowest BCUT2D eigenvalue weighted by Crippen LogP contribution is -2.23. The van der Waals surface area contributed by atoms with Crippen molar-refractivity contribution in [3.05, 3.63) is 83.9 Å². The van der Waals surface area contributed by atoms with Crippen molar-refractivity contribution >= 4 is 21.3 Å². The maximum absolute atomic E-state index is 12.6. The smallest absolute Gasteiger partial charge is 0.406 e. The first-order chi connectivity index (χ1) is 16.2. The monoisotopic (exact) mass is 485 g/mol. The summed E-state index contributed by atoms with van der Waals surface area (Å²) in [4.78, 5) is 2.20. The molecule has 9 heteroatoms. The molecule has 1 atom stereocenters. The highest BCUT2D eigenvalue weighted by molar-refractivity contribution is 7.90. The van der Waals surface area contributed by atoms with Gasteiger partial charge < -0.3 is 9.64 Å². The van der Waals surface area contributed by atoms with E-state index in [2.05, 4.69) is 50.5 Å². The van der Waals surface area contributed by atoms with E-state index in [1.54, 1.807) is 0 Å². The SMILES string of the molecule is N=S(=O)(NCC#CCN1c2ccccc2CCc2ccccc21)c1ccc(OC(F)(F)F)cc1. The van der Waals surface area contributed by atoms with Crippen molar-refractivity contribution in [3.8, 4) is 17.6 Å². The molecule has 2 N–H and O–H groups in total. The average Bonchev–Trinajstić information content (AvgIpc) is 2.95. The molecule has 34 heavy (non-hydrogen) atoms. The van der Waals surface area contributed by atoms with Gasteiger partial charge in [0.2, 0.25) is 0 Å². The molecule has 0 aliphatic carbocycles. The molecule has 0 spiro atoms. The third kappa shape index (κ3) is 5.71. The maximum atomic E-state index is 12.6. The van der Waals surface area contributed by atoms with Crippen LogP contribution in [0.15, 0.2) is 77.7 Å². The molecule has 3 aromatic rings. The number of rotatable bonds is 5. The molecule has 1 aliphatic rings. The molecule has 0 radical (unpaired) electrons. The van der Waals surface area contributed by atoms with Crippen LogP contribution in [0.25, 0.3) is 0 Å². The lowest BCUT2D eigenvalue weighted by molar-refractivity contribution is -0.274. The number of nitrogens with one attached hydrogen (secondary N) is 2. The van der Waals surface area contributed by atoms with Crippen LogP contribution < -0.4 is 14.4 Å². The number of aryl methyl sites for hydroxylation is 2. The van der Waals surface area contributed by atoms with Crippen LogP contribution in [0.3, 0.4) is 0 Å². The summed E-state index contributed by atoms with van der Waals surface area (Å²) in [6, 6.07) is 20.8. The first kappa shape index (κ1) is 23.7. The van der Waals surface area contributed by atoms with Crippen molar-refractivity contribution in [2.45, 2.75) is 24.1 Å². The molecule has 0 aromatic heterocycles. The number of hydrogen-bond acceptors (Lipinski definition) is 4. The van der Waals surface area contributed by atoms with Crippen LogP contribution >= 0.6 is 0 Å². The number of nitrogens with zero attached hydrogens (tertiary/aromatic N) is 1. The number of benzene rings is 3. The molecule has 1 aliphatic heterocycles. The number of halogens is 3. The number of para-hydroxylation sites is 2. The Morgan fingerprint density at radius 2 is 1.47 bits per heavy atom. The van der Waals surface area contributed by atoms with Crippen molar-refractivity contribution in [2.75, 3.05) is 18.0 Å². The van der Waals surface area contributed by atoms with E-state index in [9.17, 15) is 17.4 Å². The van der Waals surface area contributed by atoms with E-state index in [4.69, 9.17) is 4.78 Å². The number of anilines is 2. The van der Waals surface area contributed by atoms with Gasteiger partial charge in [0.25, 0.3) is 0 Å². The Kier molecular flexibility index (Phi) is 6.82.